The number of sulfonamides is 1. The zero-order chi connectivity index (χ0) is 14.0. The molecule has 0 atom stereocenters. The van der Waals surface area contributed by atoms with Crippen molar-refractivity contribution in [3.63, 3.8) is 0 Å². The summed E-state index contributed by atoms with van der Waals surface area (Å²) in [6, 6.07) is 4.61. The topological polar surface area (TPSA) is 96.4 Å². The van der Waals surface area contributed by atoms with Crippen LogP contribution in [0, 0.1) is 5.95 Å². The van der Waals surface area contributed by atoms with E-state index in [1.807, 2.05) is 0 Å². The Hall–Kier alpha value is -2.00. The number of nitrogens with one attached hydrogen (secondary N) is 1. The van der Waals surface area contributed by atoms with Gasteiger partial charge in [0.15, 0.2) is 0 Å². The van der Waals surface area contributed by atoms with Gasteiger partial charge in [0.05, 0.1) is 11.9 Å². The summed E-state index contributed by atoms with van der Waals surface area (Å²) in [5.74, 6) is -1.93. The lowest BCUT2D eigenvalue weighted by Crippen LogP contribution is -2.11. The van der Waals surface area contributed by atoms with Crippen LogP contribution in [-0.2, 0) is 10.0 Å². The van der Waals surface area contributed by atoms with Crippen molar-refractivity contribution in [3.8, 4) is 0 Å². The van der Waals surface area contributed by atoms with Crippen LogP contribution in [0.25, 0.3) is 0 Å². The fraction of sp³-hybridized carbons (Fsp3) is 0. The van der Waals surface area contributed by atoms with E-state index in [2.05, 4.69) is 9.71 Å². The van der Waals surface area contributed by atoms with Crippen molar-refractivity contribution in [2.24, 2.45) is 0 Å². The number of carboxylic acid groups (broad SMARTS) is 1. The van der Waals surface area contributed by atoms with Gasteiger partial charge in [0, 0.05) is 0 Å². The van der Waals surface area contributed by atoms with Crippen molar-refractivity contribution in [1.82, 2.24) is 4.98 Å². The average molecular weight is 302 g/mol. The Labute approximate surface area is 111 Å². The minimum Gasteiger partial charge on any atom is -0.477 e. The second-order valence-corrected chi connectivity index (χ2v) is 6.39. The molecule has 2 rings (SSSR count). The summed E-state index contributed by atoms with van der Waals surface area (Å²) in [6.45, 7) is 0. The fourth-order valence-electron chi connectivity index (χ4n) is 1.22. The first-order valence-electron chi connectivity index (χ1n) is 4.86. The lowest BCUT2D eigenvalue weighted by Gasteiger charge is -2.04. The number of hydrogen-bond acceptors (Lipinski definition) is 5. The number of hydrogen-bond donors (Lipinski definition) is 2. The van der Waals surface area contributed by atoms with Gasteiger partial charge in [-0.25, -0.2) is 18.2 Å². The molecule has 0 saturated carbocycles. The minimum absolute atomic E-state index is 0.0855. The smallest absolute Gasteiger partial charge is 0.345 e. The van der Waals surface area contributed by atoms with Crippen LogP contribution in [0.3, 0.4) is 0 Å². The van der Waals surface area contributed by atoms with Crippen LogP contribution in [0.1, 0.15) is 9.67 Å². The normalized spacial score (nSPS) is 11.2. The van der Waals surface area contributed by atoms with E-state index < -0.39 is 21.9 Å². The molecular weight excluding hydrogens is 295 g/mol. The molecule has 2 aromatic rings. The third-order valence-corrected chi connectivity index (χ3v) is 4.98. The molecule has 0 bridgehead atoms. The number of carboxylic acids is 1. The van der Waals surface area contributed by atoms with Crippen LogP contribution in [0.2, 0.25) is 0 Å². The third-order valence-electron chi connectivity index (χ3n) is 2.04. The summed E-state index contributed by atoms with van der Waals surface area (Å²) in [5.41, 5.74) is 0.0895. The standard InChI is InChI=1S/C10H7FN2O4S2/c11-8-3-1-6(5-12-8)13-19(16,17)9-4-2-7(18-9)10(14)15/h1-5,13H,(H,14,15). The molecule has 100 valence electrons. The van der Waals surface area contributed by atoms with Crippen LogP contribution in [0.15, 0.2) is 34.7 Å². The average Bonchev–Trinajstić information content (AvgIpc) is 2.82. The van der Waals surface area contributed by atoms with Gasteiger partial charge in [-0.15, -0.1) is 11.3 Å². The van der Waals surface area contributed by atoms with E-state index in [1.165, 1.54) is 18.2 Å². The molecule has 9 heteroatoms. The Bertz CT molecular complexity index is 709. The summed E-state index contributed by atoms with van der Waals surface area (Å²) in [7, 11) is -3.90. The molecule has 2 heterocycles. The number of halogens is 1. The van der Waals surface area contributed by atoms with Gasteiger partial charge in [-0.1, -0.05) is 0 Å². The van der Waals surface area contributed by atoms with Gasteiger partial charge in [-0.2, -0.15) is 4.39 Å². The van der Waals surface area contributed by atoms with Gasteiger partial charge in [-0.3, -0.25) is 4.72 Å². The van der Waals surface area contributed by atoms with Crippen molar-refractivity contribution >= 4 is 33.0 Å². The third kappa shape index (κ3) is 3.06. The molecule has 0 spiro atoms. The molecule has 0 aliphatic carbocycles. The Kier molecular flexibility index (Phi) is 3.49. The molecule has 6 nitrogen and oxygen atoms in total. The number of anilines is 1. The van der Waals surface area contributed by atoms with E-state index in [0.717, 1.165) is 12.3 Å². The number of thiophene rings is 1. The zero-order valence-electron chi connectivity index (χ0n) is 9.20. The first-order valence-corrected chi connectivity index (χ1v) is 7.16. The van der Waals surface area contributed by atoms with Gasteiger partial charge in [0.1, 0.15) is 9.09 Å². The SMILES string of the molecule is O=C(O)c1ccc(S(=O)(=O)Nc2ccc(F)nc2)s1. The predicted molar refractivity (Wildman–Crippen MR) is 66.3 cm³/mol. The molecule has 0 amide bonds. The van der Waals surface area contributed by atoms with Gasteiger partial charge in [-0.05, 0) is 24.3 Å². The first kappa shape index (κ1) is 13.4. The largest absolute Gasteiger partial charge is 0.477 e. The maximum absolute atomic E-state index is 12.6. The lowest BCUT2D eigenvalue weighted by molar-refractivity contribution is 0.0702. The highest BCUT2D eigenvalue weighted by Gasteiger charge is 2.19. The molecule has 0 radical (unpaired) electrons. The van der Waals surface area contributed by atoms with Crippen molar-refractivity contribution in [2.45, 2.75) is 4.21 Å². The summed E-state index contributed by atoms with van der Waals surface area (Å²) in [6.07, 6.45) is 1.03. The van der Waals surface area contributed by atoms with Crippen LogP contribution in [-0.4, -0.2) is 24.5 Å². The van der Waals surface area contributed by atoms with Crippen molar-refractivity contribution in [1.29, 1.82) is 0 Å². The molecule has 0 aliphatic rings. The van der Waals surface area contributed by atoms with Gasteiger partial charge in [0.25, 0.3) is 10.0 Å². The molecule has 0 fully saturated rings. The molecule has 0 aliphatic heterocycles. The molecule has 19 heavy (non-hydrogen) atoms. The molecule has 2 aromatic heterocycles. The Morgan fingerprint density at radius 1 is 1.32 bits per heavy atom. The van der Waals surface area contributed by atoms with Crippen LogP contribution in [0.5, 0.6) is 0 Å². The molecule has 2 N–H and O–H groups in total. The monoisotopic (exact) mass is 302 g/mol. The second-order valence-electron chi connectivity index (χ2n) is 3.40. The van der Waals surface area contributed by atoms with E-state index in [1.54, 1.807) is 0 Å². The van der Waals surface area contributed by atoms with Gasteiger partial charge < -0.3 is 5.11 Å². The summed E-state index contributed by atoms with van der Waals surface area (Å²) < 4.78 is 38.4. The highest BCUT2D eigenvalue weighted by molar-refractivity contribution is 7.94. The van der Waals surface area contributed by atoms with E-state index >= 15 is 0 Å². The number of nitrogens with zero attached hydrogens (tertiary/aromatic N) is 1. The van der Waals surface area contributed by atoms with Crippen LogP contribution >= 0.6 is 11.3 Å². The number of rotatable bonds is 4. The predicted octanol–water partition coefficient (Wildman–Crippen LogP) is 1.78. The zero-order valence-corrected chi connectivity index (χ0v) is 10.8. The van der Waals surface area contributed by atoms with E-state index in [-0.39, 0.29) is 14.8 Å². The van der Waals surface area contributed by atoms with E-state index in [9.17, 15) is 17.6 Å². The summed E-state index contributed by atoms with van der Waals surface area (Å²) in [5, 5.41) is 8.73. The van der Waals surface area contributed by atoms with Crippen LogP contribution < -0.4 is 4.72 Å². The highest BCUT2D eigenvalue weighted by atomic mass is 32.2. The molecular formula is C10H7FN2O4S2. The van der Waals surface area contributed by atoms with E-state index in [4.69, 9.17) is 5.11 Å². The summed E-state index contributed by atoms with van der Waals surface area (Å²) >= 11 is 0.626. The Balaban J connectivity index is 2.26. The maximum Gasteiger partial charge on any atom is 0.345 e. The quantitative estimate of drug-likeness (QED) is 0.839. The van der Waals surface area contributed by atoms with E-state index in [0.29, 0.717) is 11.3 Å². The number of carbonyl (C=O) groups is 1. The first-order chi connectivity index (χ1) is 8.88. The lowest BCUT2D eigenvalue weighted by atomic mass is 10.4. The number of pyridine rings is 1. The second kappa shape index (κ2) is 4.94. The molecule has 0 unspecified atom stereocenters. The number of aromatic carboxylic acids is 1. The fourth-order valence-corrected chi connectivity index (χ4v) is 3.41. The molecule has 0 aromatic carbocycles. The number of aromatic nitrogens is 1. The summed E-state index contributed by atoms with van der Waals surface area (Å²) in [4.78, 5) is 13.9. The van der Waals surface area contributed by atoms with Gasteiger partial charge >= 0.3 is 5.97 Å². The van der Waals surface area contributed by atoms with Gasteiger partial charge in [0.2, 0.25) is 5.95 Å². The Morgan fingerprint density at radius 3 is 2.58 bits per heavy atom. The van der Waals surface area contributed by atoms with Crippen LogP contribution in [0.4, 0.5) is 10.1 Å². The molecule has 0 saturated heterocycles. The van der Waals surface area contributed by atoms with Crippen molar-refractivity contribution in [3.05, 3.63) is 41.3 Å². The highest BCUT2D eigenvalue weighted by Crippen LogP contribution is 2.23. The maximum atomic E-state index is 12.6. The van der Waals surface area contributed by atoms with Crippen molar-refractivity contribution < 1.29 is 22.7 Å². The Morgan fingerprint density at radius 2 is 2.05 bits per heavy atom. The van der Waals surface area contributed by atoms with Crippen molar-refractivity contribution in [2.75, 3.05) is 4.72 Å². The minimum atomic E-state index is -3.90.